The molecule has 0 aliphatic carbocycles. The van der Waals surface area contributed by atoms with Crippen molar-refractivity contribution in [2.45, 2.75) is 19.0 Å². The topological polar surface area (TPSA) is 67.4 Å². The lowest BCUT2D eigenvalue weighted by Gasteiger charge is -2.26. The third-order valence-electron chi connectivity index (χ3n) is 5.40. The zero-order valence-corrected chi connectivity index (χ0v) is 18.7. The second-order valence-electron chi connectivity index (χ2n) is 7.49. The number of nitrogens with one attached hydrogen (secondary N) is 2. The van der Waals surface area contributed by atoms with Crippen molar-refractivity contribution in [3.8, 4) is 5.75 Å². The van der Waals surface area contributed by atoms with Gasteiger partial charge < -0.3 is 4.74 Å². The maximum absolute atomic E-state index is 12.1. The summed E-state index contributed by atoms with van der Waals surface area (Å²) >= 11 is 0.925. The van der Waals surface area contributed by atoms with Gasteiger partial charge in [-0.1, -0.05) is 66.7 Å². The minimum atomic E-state index is -0.360. The van der Waals surface area contributed by atoms with Crippen LogP contribution in [0.4, 0.5) is 4.79 Å². The van der Waals surface area contributed by atoms with Crippen LogP contribution in [0.2, 0.25) is 0 Å². The van der Waals surface area contributed by atoms with Crippen LogP contribution in [0, 0.1) is 0 Å². The molecule has 6 heteroatoms. The summed E-state index contributed by atoms with van der Waals surface area (Å²) in [7, 11) is 1.65. The molecule has 2 unspecified atom stereocenters. The quantitative estimate of drug-likeness (QED) is 0.474. The van der Waals surface area contributed by atoms with Crippen molar-refractivity contribution in [1.29, 1.82) is 0 Å². The molecule has 0 bridgehead atoms. The zero-order valence-electron chi connectivity index (χ0n) is 17.9. The van der Waals surface area contributed by atoms with Crippen LogP contribution in [0.15, 0.2) is 83.8 Å². The van der Waals surface area contributed by atoms with Gasteiger partial charge in [0.15, 0.2) is 0 Å². The Balaban J connectivity index is 1.75. The SMILES string of the molecule is COc1ccc(C(NC(C)c2ccccc2)c2ccccc2/C=C2/SC(=O)NC2=O)cc1. The third-order valence-corrected chi connectivity index (χ3v) is 6.21. The summed E-state index contributed by atoms with van der Waals surface area (Å²) in [6, 6.07) is 26.1. The van der Waals surface area contributed by atoms with Crippen molar-refractivity contribution in [3.63, 3.8) is 0 Å². The van der Waals surface area contributed by atoms with Gasteiger partial charge in [0.1, 0.15) is 5.75 Å². The van der Waals surface area contributed by atoms with E-state index in [1.165, 1.54) is 5.56 Å². The number of carbonyl (C=O) groups is 2. The first-order chi connectivity index (χ1) is 15.5. The Bertz CT molecular complexity index is 1140. The fourth-order valence-electron chi connectivity index (χ4n) is 3.72. The molecule has 3 aromatic rings. The van der Waals surface area contributed by atoms with Crippen molar-refractivity contribution in [1.82, 2.24) is 10.6 Å². The monoisotopic (exact) mass is 444 g/mol. The van der Waals surface area contributed by atoms with Gasteiger partial charge in [-0.3, -0.25) is 20.2 Å². The first-order valence-electron chi connectivity index (χ1n) is 10.3. The summed E-state index contributed by atoms with van der Waals surface area (Å²) in [5, 5.41) is 5.72. The number of ether oxygens (including phenoxy) is 1. The molecule has 32 heavy (non-hydrogen) atoms. The molecule has 0 radical (unpaired) electrons. The Hall–Kier alpha value is -3.35. The number of hydrogen-bond donors (Lipinski definition) is 2. The van der Waals surface area contributed by atoms with Gasteiger partial charge in [0.25, 0.3) is 11.1 Å². The molecule has 2 amide bonds. The fraction of sp³-hybridized carbons (Fsp3) is 0.154. The number of methoxy groups -OCH3 is 1. The number of hydrogen-bond acceptors (Lipinski definition) is 5. The average Bonchev–Trinajstić information content (AvgIpc) is 3.15. The van der Waals surface area contributed by atoms with Crippen LogP contribution in [0.5, 0.6) is 5.75 Å². The molecule has 1 aliphatic rings. The van der Waals surface area contributed by atoms with Gasteiger partial charge in [-0.2, -0.15) is 0 Å². The molecule has 1 heterocycles. The molecular formula is C26H24N2O3S. The lowest BCUT2D eigenvalue weighted by Crippen LogP contribution is -2.26. The minimum Gasteiger partial charge on any atom is -0.497 e. The fourth-order valence-corrected chi connectivity index (χ4v) is 4.39. The summed E-state index contributed by atoms with van der Waals surface area (Å²) in [6.07, 6.45) is 1.78. The Morgan fingerprint density at radius 2 is 1.59 bits per heavy atom. The van der Waals surface area contributed by atoms with Gasteiger partial charge in [0.05, 0.1) is 18.1 Å². The summed E-state index contributed by atoms with van der Waals surface area (Å²) < 4.78 is 5.33. The van der Waals surface area contributed by atoms with Crippen LogP contribution in [0.3, 0.4) is 0 Å². The van der Waals surface area contributed by atoms with E-state index >= 15 is 0 Å². The molecule has 4 rings (SSSR count). The first-order valence-corrected chi connectivity index (χ1v) is 11.2. The molecule has 1 saturated heterocycles. The largest absolute Gasteiger partial charge is 0.497 e. The number of imide groups is 1. The Morgan fingerprint density at radius 3 is 2.25 bits per heavy atom. The molecule has 0 aromatic heterocycles. The predicted octanol–water partition coefficient (Wildman–Crippen LogP) is 5.46. The molecule has 2 atom stereocenters. The van der Waals surface area contributed by atoms with E-state index in [1.54, 1.807) is 13.2 Å². The maximum atomic E-state index is 12.1. The molecule has 1 fully saturated rings. The summed E-state index contributed by atoms with van der Waals surface area (Å²) in [4.78, 5) is 24.1. The van der Waals surface area contributed by atoms with E-state index in [-0.39, 0.29) is 23.2 Å². The van der Waals surface area contributed by atoms with Crippen molar-refractivity contribution < 1.29 is 14.3 Å². The van der Waals surface area contributed by atoms with Crippen molar-refractivity contribution in [3.05, 3.63) is 106 Å². The van der Waals surface area contributed by atoms with E-state index < -0.39 is 0 Å². The highest BCUT2D eigenvalue weighted by Gasteiger charge is 2.26. The summed E-state index contributed by atoms with van der Waals surface area (Å²) in [6.45, 7) is 2.13. The van der Waals surface area contributed by atoms with Crippen LogP contribution < -0.4 is 15.4 Å². The number of rotatable bonds is 7. The lowest BCUT2D eigenvalue weighted by molar-refractivity contribution is -0.115. The van der Waals surface area contributed by atoms with Gasteiger partial charge in [-0.15, -0.1) is 0 Å². The zero-order chi connectivity index (χ0) is 22.5. The summed E-state index contributed by atoms with van der Waals surface area (Å²) in [5.41, 5.74) is 4.14. The maximum Gasteiger partial charge on any atom is 0.290 e. The number of benzene rings is 3. The Labute approximate surface area is 191 Å². The van der Waals surface area contributed by atoms with Gasteiger partial charge in [-0.05, 0) is 59.1 Å². The normalized spacial score (nSPS) is 16.6. The van der Waals surface area contributed by atoms with Crippen LogP contribution in [0.25, 0.3) is 6.08 Å². The highest BCUT2D eigenvalue weighted by atomic mass is 32.2. The summed E-state index contributed by atoms with van der Waals surface area (Å²) in [5.74, 6) is 0.429. The van der Waals surface area contributed by atoms with E-state index in [1.807, 2.05) is 66.7 Å². The van der Waals surface area contributed by atoms with Gasteiger partial charge >= 0.3 is 0 Å². The third kappa shape index (κ3) is 4.93. The molecule has 1 aliphatic heterocycles. The molecule has 2 N–H and O–H groups in total. The molecular weight excluding hydrogens is 420 g/mol. The van der Waals surface area contributed by atoms with Crippen LogP contribution in [0.1, 0.15) is 41.3 Å². The van der Waals surface area contributed by atoms with Crippen LogP contribution in [-0.4, -0.2) is 18.3 Å². The standard InChI is InChI=1S/C26H24N2O3S/c1-17(18-8-4-3-5-9-18)27-24(19-12-14-21(31-2)15-13-19)22-11-7-6-10-20(22)16-23-25(29)28-26(30)32-23/h3-17,24,27H,1-2H3,(H,28,29,30)/b23-16+. The van der Waals surface area contributed by atoms with Gasteiger partial charge in [0, 0.05) is 6.04 Å². The van der Waals surface area contributed by atoms with Crippen LogP contribution in [-0.2, 0) is 4.79 Å². The van der Waals surface area contributed by atoms with E-state index in [9.17, 15) is 9.59 Å². The predicted molar refractivity (Wildman–Crippen MR) is 128 cm³/mol. The number of carbonyl (C=O) groups excluding carboxylic acids is 2. The smallest absolute Gasteiger partial charge is 0.290 e. The average molecular weight is 445 g/mol. The molecule has 5 nitrogen and oxygen atoms in total. The van der Waals surface area contributed by atoms with E-state index in [4.69, 9.17) is 4.74 Å². The number of thioether (sulfide) groups is 1. The molecule has 3 aromatic carbocycles. The minimum absolute atomic E-state index is 0.0785. The van der Waals surface area contributed by atoms with Gasteiger partial charge in [-0.25, -0.2) is 0 Å². The van der Waals surface area contributed by atoms with E-state index in [2.05, 4.69) is 29.7 Å². The Morgan fingerprint density at radius 1 is 0.906 bits per heavy atom. The van der Waals surface area contributed by atoms with Crippen molar-refractivity contribution >= 4 is 29.0 Å². The second-order valence-corrected chi connectivity index (χ2v) is 8.50. The van der Waals surface area contributed by atoms with Crippen molar-refractivity contribution in [2.75, 3.05) is 7.11 Å². The second kappa shape index (κ2) is 9.85. The van der Waals surface area contributed by atoms with Crippen molar-refractivity contribution in [2.24, 2.45) is 0 Å². The Kier molecular flexibility index (Phi) is 6.73. The van der Waals surface area contributed by atoms with Crippen LogP contribution >= 0.6 is 11.8 Å². The lowest BCUT2D eigenvalue weighted by atomic mass is 9.92. The van der Waals surface area contributed by atoms with Gasteiger partial charge in [0.2, 0.25) is 0 Å². The molecule has 0 saturated carbocycles. The highest BCUT2D eigenvalue weighted by molar-refractivity contribution is 8.18. The first kappa shape index (κ1) is 21.9. The number of amides is 2. The molecule has 162 valence electrons. The highest BCUT2D eigenvalue weighted by Crippen LogP contribution is 2.33. The van der Waals surface area contributed by atoms with E-state index in [0.29, 0.717) is 4.91 Å². The van der Waals surface area contributed by atoms with E-state index in [0.717, 1.165) is 34.2 Å². The molecule has 0 spiro atoms.